The second kappa shape index (κ2) is 16.0. The summed E-state index contributed by atoms with van der Waals surface area (Å²) in [5.41, 5.74) is 13.2. The summed E-state index contributed by atoms with van der Waals surface area (Å²) >= 11 is 0. The molecule has 0 fully saturated rings. The van der Waals surface area contributed by atoms with Crippen LogP contribution in [-0.4, -0.2) is 19.5 Å². The molecule has 1 atom stereocenters. The minimum atomic E-state index is 0.333. The number of hydrogen-bond donors (Lipinski definition) is 0. The van der Waals surface area contributed by atoms with Crippen molar-refractivity contribution >= 4 is 49.3 Å². The Morgan fingerprint density at radius 2 is 1.38 bits per heavy atom. The molecule has 0 bridgehead atoms. The molecule has 63 heavy (non-hydrogen) atoms. The first-order valence-corrected chi connectivity index (χ1v) is 21.4. The van der Waals surface area contributed by atoms with E-state index in [2.05, 4.69) is 163 Å². The Hall–Kier alpha value is -8.15. The SMILES string of the molecule is C=C/C(=C\C=C/C)c1nc(-c2ccccc2)nc(-c2cc(-c3cccc(C4C=CC=CC4)c3)ccc2-c2ccc3oc4ccc5c(c6ccccc6n5-c5ccccc5)c4c3c2)n1. The maximum absolute atomic E-state index is 6.65. The summed E-state index contributed by atoms with van der Waals surface area (Å²) in [7, 11) is 0. The van der Waals surface area contributed by atoms with E-state index in [9.17, 15) is 0 Å². The minimum absolute atomic E-state index is 0.333. The summed E-state index contributed by atoms with van der Waals surface area (Å²) in [5.74, 6) is 2.05. The first-order valence-electron chi connectivity index (χ1n) is 21.4. The highest BCUT2D eigenvalue weighted by atomic mass is 16.3. The van der Waals surface area contributed by atoms with Gasteiger partial charge in [-0.1, -0.05) is 164 Å². The molecule has 3 aromatic heterocycles. The van der Waals surface area contributed by atoms with Crippen LogP contribution in [0.15, 0.2) is 217 Å². The number of para-hydroxylation sites is 2. The normalized spacial score (nSPS) is 14.2. The maximum atomic E-state index is 6.65. The topological polar surface area (TPSA) is 56.7 Å². The van der Waals surface area contributed by atoms with E-state index < -0.39 is 0 Å². The van der Waals surface area contributed by atoms with Crippen LogP contribution in [0.2, 0.25) is 0 Å². The number of furan rings is 1. The van der Waals surface area contributed by atoms with Gasteiger partial charge in [-0.25, -0.2) is 15.0 Å². The summed E-state index contributed by atoms with van der Waals surface area (Å²) < 4.78 is 9.00. The van der Waals surface area contributed by atoms with Crippen LogP contribution in [-0.2, 0) is 0 Å². The lowest BCUT2D eigenvalue weighted by Crippen LogP contribution is -2.03. The quantitative estimate of drug-likeness (QED) is 0.136. The molecule has 5 heteroatoms. The Balaban J connectivity index is 1.16. The van der Waals surface area contributed by atoms with Crippen LogP contribution >= 0.6 is 0 Å². The highest BCUT2D eigenvalue weighted by Gasteiger charge is 2.22. The number of allylic oxidation sites excluding steroid dienone is 9. The van der Waals surface area contributed by atoms with Gasteiger partial charge in [0.15, 0.2) is 17.5 Å². The van der Waals surface area contributed by atoms with Crippen molar-refractivity contribution in [3.05, 3.63) is 224 Å². The monoisotopic (exact) mass is 810 g/mol. The van der Waals surface area contributed by atoms with E-state index >= 15 is 0 Å². The molecule has 0 radical (unpaired) electrons. The number of hydrogen-bond acceptors (Lipinski definition) is 4. The van der Waals surface area contributed by atoms with Crippen molar-refractivity contribution in [2.45, 2.75) is 19.3 Å². The van der Waals surface area contributed by atoms with Crippen molar-refractivity contribution < 1.29 is 4.42 Å². The summed E-state index contributed by atoms with van der Waals surface area (Å²) in [5, 5.41) is 4.49. The van der Waals surface area contributed by atoms with E-state index in [1.165, 1.54) is 16.3 Å². The van der Waals surface area contributed by atoms with Gasteiger partial charge in [0.05, 0.1) is 11.0 Å². The van der Waals surface area contributed by atoms with E-state index in [1.807, 2.05) is 55.5 Å². The van der Waals surface area contributed by atoms with Crippen molar-refractivity contribution in [1.82, 2.24) is 19.5 Å². The maximum Gasteiger partial charge on any atom is 0.164 e. The Bertz CT molecular complexity index is 3510. The lowest BCUT2D eigenvalue weighted by molar-refractivity contribution is 0.669. The Kier molecular flexibility index (Phi) is 9.63. The van der Waals surface area contributed by atoms with E-state index in [-0.39, 0.29) is 0 Å². The predicted octanol–water partition coefficient (Wildman–Crippen LogP) is 15.3. The predicted molar refractivity (Wildman–Crippen MR) is 262 cm³/mol. The lowest BCUT2D eigenvalue weighted by Gasteiger charge is -2.16. The summed E-state index contributed by atoms with van der Waals surface area (Å²) in [6, 6.07) is 55.7. The highest BCUT2D eigenvalue weighted by Crippen LogP contribution is 2.44. The molecule has 300 valence electrons. The van der Waals surface area contributed by atoms with Gasteiger partial charge < -0.3 is 8.98 Å². The third-order valence-electron chi connectivity index (χ3n) is 12.1. The molecule has 7 aromatic carbocycles. The van der Waals surface area contributed by atoms with Crippen molar-refractivity contribution in [1.29, 1.82) is 0 Å². The molecule has 1 aliphatic rings. The second-order valence-electron chi connectivity index (χ2n) is 15.9. The number of benzene rings is 7. The van der Waals surface area contributed by atoms with Gasteiger partial charge >= 0.3 is 0 Å². The van der Waals surface area contributed by atoms with Gasteiger partial charge in [-0.3, -0.25) is 0 Å². The average molecular weight is 811 g/mol. The standard InChI is InChI=1S/C58H42N4O/c1-3-5-18-38(4-2)56-59-57(40-21-11-7-12-22-40)61-58(60-56)48-36-43(42-24-17-23-41(35-42)39-19-9-6-10-20-39)29-31-46(48)44-30-33-52-49(37-44)55-53(63-52)34-32-51-54(55)47-27-15-16-28-50(47)62(51)45-25-13-8-14-26-45/h3-19,21-37,39H,2,20H2,1H3/b5-3-,38-18+. The van der Waals surface area contributed by atoms with Gasteiger partial charge in [0.1, 0.15) is 11.2 Å². The van der Waals surface area contributed by atoms with E-state index in [4.69, 9.17) is 19.4 Å². The van der Waals surface area contributed by atoms with Crippen molar-refractivity contribution in [3.8, 4) is 50.7 Å². The van der Waals surface area contributed by atoms with Gasteiger partial charge in [0.2, 0.25) is 0 Å². The van der Waals surface area contributed by atoms with Crippen LogP contribution in [0.1, 0.15) is 30.7 Å². The molecule has 0 amide bonds. The molecule has 0 N–H and O–H groups in total. The van der Waals surface area contributed by atoms with E-state index in [0.29, 0.717) is 23.4 Å². The third-order valence-corrected chi connectivity index (χ3v) is 12.1. The molecule has 1 unspecified atom stereocenters. The fourth-order valence-corrected chi connectivity index (χ4v) is 9.06. The largest absolute Gasteiger partial charge is 0.456 e. The molecule has 11 rings (SSSR count). The lowest BCUT2D eigenvalue weighted by atomic mass is 9.89. The van der Waals surface area contributed by atoms with Crippen LogP contribution in [0.25, 0.3) is 100 Å². The number of nitrogens with zero attached hydrogens (tertiary/aromatic N) is 4. The molecule has 0 spiro atoms. The smallest absolute Gasteiger partial charge is 0.164 e. The molecular formula is C58H42N4O. The third kappa shape index (κ3) is 6.81. The zero-order valence-electron chi connectivity index (χ0n) is 34.8. The molecular weight excluding hydrogens is 769 g/mol. The van der Waals surface area contributed by atoms with E-state index in [1.54, 1.807) is 6.08 Å². The van der Waals surface area contributed by atoms with Crippen LogP contribution in [0.4, 0.5) is 0 Å². The average Bonchev–Trinajstić information content (AvgIpc) is 3.90. The molecule has 1 aliphatic carbocycles. The van der Waals surface area contributed by atoms with Crippen LogP contribution < -0.4 is 0 Å². The molecule has 0 saturated heterocycles. The van der Waals surface area contributed by atoms with Gasteiger partial charge in [-0.15, -0.1) is 0 Å². The first kappa shape index (κ1) is 37.8. The van der Waals surface area contributed by atoms with E-state index in [0.717, 1.165) is 84.0 Å². The number of aromatic nitrogens is 4. The van der Waals surface area contributed by atoms with Gasteiger partial charge in [0, 0.05) is 49.9 Å². The van der Waals surface area contributed by atoms with Crippen molar-refractivity contribution in [3.63, 3.8) is 0 Å². The molecule has 5 nitrogen and oxygen atoms in total. The van der Waals surface area contributed by atoms with Crippen molar-refractivity contribution in [2.24, 2.45) is 0 Å². The Labute approximate surface area is 366 Å². The van der Waals surface area contributed by atoms with Crippen LogP contribution in [0.3, 0.4) is 0 Å². The Morgan fingerprint density at radius 1 is 0.619 bits per heavy atom. The van der Waals surface area contributed by atoms with Gasteiger partial charge in [-0.05, 0) is 89.7 Å². The highest BCUT2D eigenvalue weighted by molar-refractivity contribution is 6.27. The first-order chi connectivity index (χ1) is 31.1. The molecule has 0 saturated carbocycles. The fourth-order valence-electron chi connectivity index (χ4n) is 9.06. The summed E-state index contributed by atoms with van der Waals surface area (Å²) in [6.45, 7) is 6.14. The zero-order valence-corrected chi connectivity index (χ0v) is 34.8. The van der Waals surface area contributed by atoms with Crippen LogP contribution in [0, 0.1) is 0 Å². The van der Waals surface area contributed by atoms with Crippen LogP contribution in [0.5, 0.6) is 0 Å². The second-order valence-corrected chi connectivity index (χ2v) is 15.9. The molecule has 10 aromatic rings. The summed E-state index contributed by atoms with van der Waals surface area (Å²) in [6.07, 6.45) is 17.5. The van der Waals surface area contributed by atoms with Gasteiger partial charge in [-0.2, -0.15) is 0 Å². The minimum Gasteiger partial charge on any atom is -0.456 e. The zero-order chi connectivity index (χ0) is 42.3. The van der Waals surface area contributed by atoms with Gasteiger partial charge in [0.25, 0.3) is 0 Å². The number of fused-ring (bicyclic) bond motifs is 7. The molecule has 3 heterocycles. The molecule has 0 aliphatic heterocycles. The summed E-state index contributed by atoms with van der Waals surface area (Å²) in [4.78, 5) is 15.5. The number of rotatable bonds is 9. The Morgan fingerprint density at radius 3 is 2.21 bits per heavy atom. The fraction of sp³-hybridized carbons (Fsp3) is 0.0517. The van der Waals surface area contributed by atoms with Crippen molar-refractivity contribution in [2.75, 3.05) is 0 Å².